The van der Waals surface area contributed by atoms with Crippen LogP contribution in [0.5, 0.6) is 0 Å². The fourth-order valence-corrected chi connectivity index (χ4v) is 3.46. The Morgan fingerprint density at radius 3 is 2.90 bits per heavy atom. The van der Waals surface area contributed by atoms with E-state index in [-0.39, 0.29) is 11.7 Å². The quantitative estimate of drug-likeness (QED) is 0.880. The van der Waals surface area contributed by atoms with E-state index in [0.717, 1.165) is 17.1 Å². The molecule has 0 spiro atoms. The normalized spacial score (nSPS) is 13.9. The van der Waals surface area contributed by atoms with Crippen molar-refractivity contribution in [2.75, 3.05) is 5.32 Å². The summed E-state index contributed by atoms with van der Waals surface area (Å²) < 4.78 is 17.1. The number of aryl methyl sites for hydroxylation is 2. The Hall–Kier alpha value is -1.54. The molecule has 2 rings (SSSR count). The molecule has 0 bridgehead atoms. The summed E-state index contributed by atoms with van der Waals surface area (Å²) >= 11 is 1.55. The highest BCUT2D eigenvalue weighted by molar-refractivity contribution is 7.85. The lowest BCUT2D eigenvalue weighted by molar-refractivity contribution is -0.115. The lowest BCUT2D eigenvalue weighted by atomic mass is 10.4. The second-order valence-electron chi connectivity index (χ2n) is 4.57. The van der Waals surface area contributed by atoms with E-state index in [0.29, 0.717) is 11.6 Å². The van der Waals surface area contributed by atoms with E-state index in [2.05, 4.69) is 15.5 Å². The molecule has 0 fully saturated rings. The van der Waals surface area contributed by atoms with Gasteiger partial charge >= 0.3 is 0 Å². The van der Waals surface area contributed by atoms with Gasteiger partial charge < -0.3 is 9.84 Å². The minimum Gasteiger partial charge on any atom is -0.360 e. The largest absolute Gasteiger partial charge is 0.360 e. The maximum atomic E-state index is 12.2. The van der Waals surface area contributed by atoms with Gasteiger partial charge in [0.25, 0.3) is 0 Å². The number of nitrogens with one attached hydrogen (secondary N) is 1. The zero-order valence-electron chi connectivity index (χ0n) is 12.1. The second-order valence-corrected chi connectivity index (χ2v) is 7.27. The maximum absolute atomic E-state index is 12.2. The molecular formula is C13H17N3O3S2. The molecule has 2 aromatic rings. The van der Waals surface area contributed by atoms with Gasteiger partial charge in [-0.1, -0.05) is 12.1 Å². The standard InChI is InChI=1S/C13H17N3O3S2/c1-4-12-14-10(6-20-12)7-21(18)9(3)13(17)15-11-5-8(2)19-16-11/h5-6,9H,4,7H2,1-3H3,(H,15,16,17). The predicted octanol–water partition coefficient (Wildman–Crippen LogP) is 2.28. The Balaban J connectivity index is 1.93. The summed E-state index contributed by atoms with van der Waals surface area (Å²) in [5.74, 6) is 0.882. The molecule has 0 aliphatic carbocycles. The number of nitrogens with zero attached hydrogens (tertiary/aromatic N) is 2. The number of rotatable bonds is 6. The van der Waals surface area contributed by atoms with Gasteiger partial charge in [-0.25, -0.2) is 4.98 Å². The molecule has 0 aliphatic heterocycles. The van der Waals surface area contributed by atoms with Gasteiger partial charge in [-0.15, -0.1) is 11.3 Å². The number of aromatic nitrogens is 2. The summed E-state index contributed by atoms with van der Waals surface area (Å²) in [6.45, 7) is 5.39. The molecule has 8 heteroatoms. The third-order valence-corrected chi connectivity index (χ3v) is 5.46. The number of anilines is 1. The zero-order chi connectivity index (χ0) is 15.4. The third kappa shape index (κ3) is 4.21. The van der Waals surface area contributed by atoms with Gasteiger partial charge in [-0.05, 0) is 20.3 Å². The van der Waals surface area contributed by atoms with E-state index >= 15 is 0 Å². The van der Waals surface area contributed by atoms with Gasteiger partial charge in [0.1, 0.15) is 11.0 Å². The second kappa shape index (κ2) is 6.95. The summed E-state index contributed by atoms with van der Waals surface area (Å²) in [5.41, 5.74) is 0.770. The van der Waals surface area contributed by atoms with E-state index in [9.17, 15) is 9.00 Å². The molecule has 0 aromatic carbocycles. The Morgan fingerprint density at radius 2 is 2.33 bits per heavy atom. The van der Waals surface area contributed by atoms with Crippen LogP contribution in [0.1, 0.15) is 30.3 Å². The molecule has 114 valence electrons. The van der Waals surface area contributed by atoms with Crippen LogP contribution in [0.2, 0.25) is 0 Å². The van der Waals surface area contributed by atoms with Crippen molar-refractivity contribution in [3.63, 3.8) is 0 Å². The number of carbonyl (C=O) groups is 1. The first-order chi connectivity index (χ1) is 9.99. The van der Waals surface area contributed by atoms with Crippen LogP contribution in [0.3, 0.4) is 0 Å². The fourth-order valence-electron chi connectivity index (χ4n) is 1.62. The minimum atomic E-state index is -1.33. The lowest BCUT2D eigenvalue weighted by Crippen LogP contribution is -2.29. The highest BCUT2D eigenvalue weighted by atomic mass is 32.2. The topological polar surface area (TPSA) is 85.1 Å². The van der Waals surface area contributed by atoms with Crippen LogP contribution in [0, 0.1) is 6.92 Å². The van der Waals surface area contributed by atoms with Crippen LogP contribution < -0.4 is 5.32 Å². The molecule has 0 saturated carbocycles. The van der Waals surface area contributed by atoms with Crippen molar-refractivity contribution >= 4 is 33.9 Å². The minimum absolute atomic E-state index is 0.281. The average molecular weight is 327 g/mol. The fraction of sp³-hybridized carbons (Fsp3) is 0.462. The van der Waals surface area contributed by atoms with Crippen molar-refractivity contribution in [3.8, 4) is 0 Å². The number of thiazole rings is 1. The summed E-state index contributed by atoms with van der Waals surface area (Å²) in [4.78, 5) is 16.4. The van der Waals surface area contributed by atoms with E-state index in [1.165, 1.54) is 0 Å². The molecule has 2 heterocycles. The van der Waals surface area contributed by atoms with E-state index in [1.54, 1.807) is 31.3 Å². The smallest absolute Gasteiger partial charge is 0.241 e. The Labute approximate surface area is 129 Å². The Morgan fingerprint density at radius 1 is 1.57 bits per heavy atom. The summed E-state index contributed by atoms with van der Waals surface area (Å²) in [6, 6.07) is 1.61. The molecule has 0 saturated heterocycles. The van der Waals surface area contributed by atoms with Gasteiger partial charge in [0, 0.05) is 22.2 Å². The first-order valence-electron chi connectivity index (χ1n) is 6.54. The van der Waals surface area contributed by atoms with Gasteiger partial charge in [0.15, 0.2) is 5.82 Å². The van der Waals surface area contributed by atoms with Crippen LogP contribution in [-0.4, -0.2) is 25.5 Å². The lowest BCUT2D eigenvalue weighted by Gasteiger charge is -2.09. The highest BCUT2D eigenvalue weighted by Crippen LogP contribution is 2.14. The highest BCUT2D eigenvalue weighted by Gasteiger charge is 2.22. The monoisotopic (exact) mass is 327 g/mol. The van der Waals surface area contributed by atoms with Crippen LogP contribution in [0.4, 0.5) is 5.82 Å². The number of carbonyl (C=O) groups excluding carboxylic acids is 1. The van der Waals surface area contributed by atoms with Crippen molar-refractivity contribution < 1.29 is 13.5 Å². The number of amides is 1. The molecule has 0 aliphatic rings. The Kier molecular flexibility index (Phi) is 5.24. The van der Waals surface area contributed by atoms with Crippen LogP contribution in [0.25, 0.3) is 0 Å². The number of hydrogen-bond donors (Lipinski definition) is 1. The summed E-state index contributed by atoms with van der Waals surface area (Å²) in [5, 5.41) is 8.53. The van der Waals surface area contributed by atoms with Gasteiger partial charge in [0.2, 0.25) is 5.91 Å². The van der Waals surface area contributed by atoms with Crippen LogP contribution >= 0.6 is 11.3 Å². The summed E-state index contributed by atoms with van der Waals surface area (Å²) in [6.07, 6.45) is 0.860. The molecule has 1 amide bonds. The van der Waals surface area contributed by atoms with Gasteiger partial charge in [-0.3, -0.25) is 9.00 Å². The molecule has 2 unspecified atom stereocenters. The average Bonchev–Trinajstić information content (AvgIpc) is 3.06. The molecule has 2 aromatic heterocycles. The first-order valence-corrected chi connectivity index (χ1v) is 8.80. The Bertz CT molecular complexity index is 651. The number of hydrogen-bond acceptors (Lipinski definition) is 6. The molecule has 21 heavy (non-hydrogen) atoms. The van der Waals surface area contributed by atoms with Gasteiger partial charge in [0.05, 0.1) is 16.5 Å². The van der Waals surface area contributed by atoms with Crippen molar-refractivity contribution in [2.45, 2.75) is 38.2 Å². The van der Waals surface area contributed by atoms with Crippen molar-refractivity contribution in [3.05, 3.63) is 27.9 Å². The maximum Gasteiger partial charge on any atom is 0.241 e. The molecule has 2 atom stereocenters. The van der Waals surface area contributed by atoms with E-state index in [1.807, 2.05) is 12.3 Å². The molecule has 1 N–H and O–H groups in total. The van der Waals surface area contributed by atoms with Gasteiger partial charge in [-0.2, -0.15) is 0 Å². The summed E-state index contributed by atoms with van der Waals surface area (Å²) in [7, 11) is -1.33. The third-order valence-electron chi connectivity index (χ3n) is 2.83. The predicted molar refractivity (Wildman–Crippen MR) is 82.7 cm³/mol. The van der Waals surface area contributed by atoms with Crippen molar-refractivity contribution in [1.29, 1.82) is 0 Å². The van der Waals surface area contributed by atoms with Crippen LogP contribution in [0.15, 0.2) is 16.0 Å². The van der Waals surface area contributed by atoms with Crippen molar-refractivity contribution in [2.24, 2.45) is 0 Å². The van der Waals surface area contributed by atoms with Crippen molar-refractivity contribution in [1.82, 2.24) is 10.1 Å². The first kappa shape index (κ1) is 15.8. The molecule has 6 nitrogen and oxygen atoms in total. The molecule has 0 radical (unpaired) electrons. The molecular weight excluding hydrogens is 310 g/mol. The van der Waals surface area contributed by atoms with E-state index in [4.69, 9.17) is 4.52 Å². The van der Waals surface area contributed by atoms with Crippen LogP contribution in [-0.2, 0) is 27.8 Å². The SMILES string of the molecule is CCc1nc(CS(=O)C(C)C(=O)Nc2cc(C)on2)cs1. The van der Waals surface area contributed by atoms with E-state index < -0.39 is 16.0 Å². The zero-order valence-corrected chi connectivity index (χ0v) is 13.7.